The summed E-state index contributed by atoms with van der Waals surface area (Å²) < 4.78 is 18.3. The summed E-state index contributed by atoms with van der Waals surface area (Å²) in [6.07, 6.45) is 0.00176. The number of aliphatic hydroxyl groups is 1. The zero-order valence-electron chi connectivity index (χ0n) is 7.11. The molecule has 1 unspecified atom stereocenters. The van der Waals surface area contributed by atoms with Crippen LogP contribution in [0.25, 0.3) is 0 Å². The molecular weight excluding hydrogens is 171 g/mol. The van der Waals surface area contributed by atoms with Gasteiger partial charge in [-0.05, 0) is 11.6 Å². The second-order valence-corrected chi connectivity index (χ2v) is 3.18. The van der Waals surface area contributed by atoms with Crippen LogP contribution in [0.4, 0.5) is 4.39 Å². The lowest BCUT2D eigenvalue weighted by Gasteiger charge is -2.11. The van der Waals surface area contributed by atoms with Gasteiger partial charge in [0.15, 0.2) is 0 Å². The molecule has 3 heteroatoms. The number of hydrogen-bond acceptors (Lipinski definition) is 2. The molecule has 1 fully saturated rings. The minimum absolute atomic E-state index is 0.00176. The van der Waals surface area contributed by atoms with Gasteiger partial charge in [-0.25, -0.2) is 4.39 Å². The van der Waals surface area contributed by atoms with Crippen LogP contribution in [0.1, 0.15) is 11.5 Å². The zero-order valence-corrected chi connectivity index (χ0v) is 7.11. The molecule has 0 bridgehead atoms. The summed E-state index contributed by atoms with van der Waals surface area (Å²) in [7, 11) is 0. The van der Waals surface area contributed by atoms with Crippen LogP contribution in [0.2, 0.25) is 0 Å². The standard InChI is InChI=1S/C10H11FO2/c11-9-4-2-1-3-7(9)8(5-12)10-6-13-10/h1-4,8,10,12H,5-6H2/t8?,10-/m0/s1. The molecule has 1 aliphatic heterocycles. The van der Waals surface area contributed by atoms with Gasteiger partial charge in [0, 0.05) is 5.92 Å². The van der Waals surface area contributed by atoms with E-state index < -0.39 is 0 Å². The van der Waals surface area contributed by atoms with Gasteiger partial charge in [0.2, 0.25) is 0 Å². The Bertz CT molecular complexity index is 297. The third-order valence-corrected chi connectivity index (χ3v) is 2.31. The number of rotatable bonds is 3. The van der Waals surface area contributed by atoms with Gasteiger partial charge in [0.1, 0.15) is 5.82 Å². The molecule has 70 valence electrons. The van der Waals surface area contributed by atoms with Gasteiger partial charge in [0.05, 0.1) is 19.3 Å². The maximum absolute atomic E-state index is 13.2. The molecule has 1 N–H and O–H groups in total. The number of halogens is 1. The number of ether oxygens (including phenoxy) is 1. The van der Waals surface area contributed by atoms with Crippen LogP contribution in [0.5, 0.6) is 0 Å². The van der Waals surface area contributed by atoms with E-state index in [0.717, 1.165) is 0 Å². The summed E-state index contributed by atoms with van der Waals surface area (Å²) in [6.45, 7) is 0.561. The average molecular weight is 182 g/mol. The molecule has 1 aliphatic rings. The molecular formula is C10H11FO2. The van der Waals surface area contributed by atoms with Crippen LogP contribution in [-0.4, -0.2) is 24.4 Å². The Labute approximate surface area is 76.0 Å². The molecule has 1 saturated heterocycles. The van der Waals surface area contributed by atoms with Gasteiger partial charge in [-0.15, -0.1) is 0 Å². The fourth-order valence-electron chi connectivity index (χ4n) is 1.48. The second kappa shape index (κ2) is 3.44. The molecule has 0 spiro atoms. The van der Waals surface area contributed by atoms with Crippen LogP contribution in [0.3, 0.4) is 0 Å². The normalized spacial score (nSPS) is 22.8. The first-order chi connectivity index (χ1) is 6.33. The maximum atomic E-state index is 13.2. The minimum Gasteiger partial charge on any atom is -0.396 e. The van der Waals surface area contributed by atoms with Crippen molar-refractivity contribution < 1.29 is 14.2 Å². The minimum atomic E-state index is -0.267. The van der Waals surface area contributed by atoms with E-state index in [-0.39, 0.29) is 24.4 Å². The first-order valence-electron chi connectivity index (χ1n) is 4.30. The van der Waals surface area contributed by atoms with Crippen LogP contribution in [0, 0.1) is 5.82 Å². The summed E-state index contributed by atoms with van der Waals surface area (Å²) >= 11 is 0. The van der Waals surface area contributed by atoms with Crippen molar-refractivity contribution in [2.75, 3.05) is 13.2 Å². The van der Waals surface area contributed by atoms with Crippen molar-refractivity contribution in [1.82, 2.24) is 0 Å². The summed E-state index contributed by atoms with van der Waals surface area (Å²) in [5, 5.41) is 9.07. The van der Waals surface area contributed by atoms with E-state index >= 15 is 0 Å². The zero-order chi connectivity index (χ0) is 9.26. The Morgan fingerprint density at radius 3 is 2.77 bits per heavy atom. The van der Waals surface area contributed by atoms with Gasteiger partial charge in [-0.1, -0.05) is 18.2 Å². The fraction of sp³-hybridized carbons (Fsp3) is 0.400. The molecule has 0 aliphatic carbocycles. The number of hydrogen-bond donors (Lipinski definition) is 1. The van der Waals surface area contributed by atoms with Gasteiger partial charge in [-0.3, -0.25) is 0 Å². The Hall–Kier alpha value is -0.930. The van der Waals surface area contributed by atoms with E-state index in [0.29, 0.717) is 12.2 Å². The summed E-state index contributed by atoms with van der Waals surface area (Å²) in [6, 6.07) is 6.50. The van der Waals surface area contributed by atoms with E-state index in [1.54, 1.807) is 18.2 Å². The van der Waals surface area contributed by atoms with Gasteiger partial charge >= 0.3 is 0 Å². The Kier molecular flexibility index (Phi) is 2.29. The first kappa shape index (κ1) is 8.66. The predicted octanol–water partition coefficient (Wildman–Crippen LogP) is 1.30. The van der Waals surface area contributed by atoms with Crippen molar-refractivity contribution in [3.05, 3.63) is 35.6 Å². The van der Waals surface area contributed by atoms with Crippen molar-refractivity contribution >= 4 is 0 Å². The fourth-order valence-corrected chi connectivity index (χ4v) is 1.48. The maximum Gasteiger partial charge on any atom is 0.126 e. The lowest BCUT2D eigenvalue weighted by Crippen LogP contribution is -2.12. The summed E-state index contributed by atoms with van der Waals surface area (Å²) in [5.74, 6) is -0.474. The SMILES string of the molecule is OCC(c1ccccc1F)[C@@H]1CO1. The van der Waals surface area contributed by atoms with Crippen molar-refractivity contribution in [2.24, 2.45) is 0 Å². The molecule has 0 aromatic heterocycles. The van der Waals surface area contributed by atoms with Gasteiger partial charge in [0.25, 0.3) is 0 Å². The highest BCUT2D eigenvalue weighted by atomic mass is 19.1. The van der Waals surface area contributed by atoms with Gasteiger partial charge < -0.3 is 9.84 Å². The first-order valence-corrected chi connectivity index (χ1v) is 4.30. The molecule has 0 amide bonds. The number of benzene rings is 1. The van der Waals surface area contributed by atoms with E-state index in [9.17, 15) is 4.39 Å². The average Bonchev–Trinajstić information content (AvgIpc) is 2.93. The topological polar surface area (TPSA) is 32.8 Å². The molecule has 0 saturated carbocycles. The van der Waals surface area contributed by atoms with Crippen molar-refractivity contribution in [3.8, 4) is 0 Å². The monoisotopic (exact) mass is 182 g/mol. The molecule has 1 aromatic carbocycles. The highest BCUT2D eigenvalue weighted by Gasteiger charge is 2.34. The molecule has 2 nitrogen and oxygen atoms in total. The molecule has 13 heavy (non-hydrogen) atoms. The Morgan fingerprint density at radius 2 is 2.23 bits per heavy atom. The Balaban J connectivity index is 2.26. The second-order valence-electron chi connectivity index (χ2n) is 3.18. The van der Waals surface area contributed by atoms with E-state index in [2.05, 4.69) is 0 Å². The van der Waals surface area contributed by atoms with Crippen LogP contribution >= 0.6 is 0 Å². The smallest absolute Gasteiger partial charge is 0.126 e. The highest BCUT2D eigenvalue weighted by molar-refractivity contribution is 5.24. The molecule has 0 radical (unpaired) electrons. The van der Waals surface area contributed by atoms with Crippen molar-refractivity contribution in [1.29, 1.82) is 0 Å². The molecule has 2 rings (SSSR count). The van der Waals surface area contributed by atoms with Crippen molar-refractivity contribution in [3.63, 3.8) is 0 Å². The number of aliphatic hydroxyl groups excluding tert-OH is 1. The quantitative estimate of drug-likeness (QED) is 0.715. The van der Waals surface area contributed by atoms with E-state index in [1.165, 1.54) is 6.07 Å². The number of epoxide rings is 1. The van der Waals surface area contributed by atoms with Crippen LogP contribution < -0.4 is 0 Å². The molecule has 1 aromatic rings. The van der Waals surface area contributed by atoms with Gasteiger partial charge in [-0.2, -0.15) is 0 Å². The van der Waals surface area contributed by atoms with Crippen LogP contribution in [-0.2, 0) is 4.74 Å². The lowest BCUT2D eigenvalue weighted by atomic mass is 9.96. The lowest BCUT2D eigenvalue weighted by molar-refractivity contribution is 0.233. The highest BCUT2D eigenvalue weighted by Crippen LogP contribution is 2.30. The third-order valence-electron chi connectivity index (χ3n) is 2.31. The third kappa shape index (κ3) is 1.71. The predicted molar refractivity (Wildman–Crippen MR) is 46.0 cm³/mol. The molecule has 2 atom stereocenters. The van der Waals surface area contributed by atoms with E-state index in [1.807, 2.05) is 0 Å². The Morgan fingerprint density at radius 1 is 1.54 bits per heavy atom. The largest absolute Gasteiger partial charge is 0.396 e. The molecule has 1 heterocycles. The van der Waals surface area contributed by atoms with Crippen molar-refractivity contribution in [2.45, 2.75) is 12.0 Å². The van der Waals surface area contributed by atoms with Crippen LogP contribution in [0.15, 0.2) is 24.3 Å². The summed E-state index contributed by atoms with van der Waals surface area (Å²) in [5.41, 5.74) is 0.549. The summed E-state index contributed by atoms with van der Waals surface area (Å²) in [4.78, 5) is 0. The van der Waals surface area contributed by atoms with E-state index in [4.69, 9.17) is 9.84 Å².